The molecule has 0 spiro atoms. The summed E-state index contributed by atoms with van der Waals surface area (Å²) in [6.07, 6.45) is 4.58. The van der Waals surface area contributed by atoms with Gasteiger partial charge in [0.2, 0.25) is 5.91 Å². The number of hydrogen-bond acceptors (Lipinski definition) is 3. The molecule has 1 atom stereocenters. The predicted octanol–water partition coefficient (Wildman–Crippen LogP) is 2.73. The fourth-order valence-corrected chi connectivity index (χ4v) is 2.54. The number of rotatable bonds is 4. The van der Waals surface area contributed by atoms with E-state index < -0.39 is 0 Å². The van der Waals surface area contributed by atoms with Gasteiger partial charge in [-0.2, -0.15) is 5.26 Å². The monoisotopic (exact) mass is 271 g/mol. The molecule has 0 aromatic heterocycles. The second-order valence-electron chi connectivity index (χ2n) is 5.50. The topological polar surface area (TPSA) is 64.9 Å². The maximum atomic E-state index is 12.1. The fraction of sp³-hybridized carbons (Fsp3) is 0.500. The van der Waals surface area contributed by atoms with Crippen LogP contribution in [-0.2, 0) is 4.79 Å². The number of anilines is 1. The molecular weight excluding hydrogens is 250 g/mol. The summed E-state index contributed by atoms with van der Waals surface area (Å²) in [5.41, 5.74) is 2.48. The Labute approximate surface area is 120 Å². The zero-order valence-corrected chi connectivity index (χ0v) is 12.1. The molecule has 106 valence electrons. The van der Waals surface area contributed by atoms with Crippen LogP contribution < -0.4 is 10.6 Å². The lowest BCUT2D eigenvalue weighted by atomic mass is 10.1. The highest BCUT2D eigenvalue weighted by molar-refractivity contribution is 5.84. The summed E-state index contributed by atoms with van der Waals surface area (Å²) in [5.74, 6) is 0.0265. The minimum atomic E-state index is -0.303. The predicted molar refractivity (Wildman–Crippen MR) is 79.4 cm³/mol. The third-order valence-corrected chi connectivity index (χ3v) is 3.83. The summed E-state index contributed by atoms with van der Waals surface area (Å²) >= 11 is 0. The van der Waals surface area contributed by atoms with Crippen molar-refractivity contribution in [1.82, 2.24) is 5.32 Å². The van der Waals surface area contributed by atoms with E-state index in [4.69, 9.17) is 5.26 Å². The molecule has 4 heteroatoms. The van der Waals surface area contributed by atoms with Gasteiger partial charge in [0.05, 0.1) is 11.6 Å². The highest BCUT2D eigenvalue weighted by Gasteiger charge is 2.20. The van der Waals surface area contributed by atoms with Gasteiger partial charge in [0, 0.05) is 11.7 Å². The number of amides is 1. The molecule has 1 amide bonds. The number of carbonyl (C=O) groups is 1. The lowest BCUT2D eigenvalue weighted by molar-refractivity contribution is -0.122. The Balaban J connectivity index is 1.98. The van der Waals surface area contributed by atoms with Gasteiger partial charge in [-0.15, -0.1) is 0 Å². The van der Waals surface area contributed by atoms with Crippen LogP contribution in [0.25, 0.3) is 0 Å². The second-order valence-corrected chi connectivity index (χ2v) is 5.50. The van der Waals surface area contributed by atoms with E-state index in [9.17, 15) is 4.79 Å². The third kappa shape index (κ3) is 3.51. The smallest absolute Gasteiger partial charge is 0.242 e. The molecule has 1 aliphatic rings. The molecule has 2 N–H and O–H groups in total. The van der Waals surface area contributed by atoms with Crippen LogP contribution in [0, 0.1) is 18.3 Å². The molecule has 1 aliphatic carbocycles. The maximum absolute atomic E-state index is 12.1. The van der Waals surface area contributed by atoms with E-state index in [1.807, 2.05) is 19.9 Å². The number of nitrogens with one attached hydrogen (secondary N) is 2. The Morgan fingerprint density at radius 1 is 1.40 bits per heavy atom. The van der Waals surface area contributed by atoms with Crippen LogP contribution in [-0.4, -0.2) is 18.0 Å². The number of nitrogens with zero attached hydrogens (tertiary/aromatic N) is 1. The first-order chi connectivity index (χ1) is 9.60. The van der Waals surface area contributed by atoms with Crippen LogP contribution in [0.5, 0.6) is 0 Å². The van der Waals surface area contributed by atoms with E-state index in [2.05, 4.69) is 16.7 Å². The molecule has 20 heavy (non-hydrogen) atoms. The highest BCUT2D eigenvalue weighted by Crippen LogP contribution is 2.19. The zero-order chi connectivity index (χ0) is 14.5. The standard InChI is InChI=1S/C16H21N3O/c1-11-7-8-13(10-17)9-15(11)18-12(2)16(20)19-14-5-3-4-6-14/h7-9,12,14,18H,3-6H2,1-2H3,(H,19,20). The Kier molecular flexibility index (Phi) is 4.62. The average molecular weight is 271 g/mol. The molecule has 0 radical (unpaired) electrons. The van der Waals surface area contributed by atoms with E-state index >= 15 is 0 Å². The van der Waals surface area contributed by atoms with Crippen molar-refractivity contribution in [3.05, 3.63) is 29.3 Å². The summed E-state index contributed by atoms with van der Waals surface area (Å²) in [7, 11) is 0. The molecule has 1 saturated carbocycles. The maximum Gasteiger partial charge on any atom is 0.242 e. The molecule has 1 aromatic carbocycles. The second kappa shape index (κ2) is 6.42. The lowest BCUT2D eigenvalue weighted by Gasteiger charge is -2.19. The summed E-state index contributed by atoms with van der Waals surface area (Å²) in [5, 5.41) is 15.2. The molecule has 0 bridgehead atoms. The van der Waals surface area contributed by atoms with Crippen molar-refractivity contribution in [2.45, 2.75) is 51.6 Å². The van der Waals surface area contributed by atoms with Gasteiger partial charge in [0.1, 0.15) is 6.04 Å². The summed E-state index contributed by atoms with van der Waals surface area (Å²) in [6.45, 7) is 3.81. The summed E-state index contributed by atoms with van der Waals surface area (Å²) < 4.78 is 0. The highest BCUT2D eigenvalue weighted by atomic mass is 16.2. The van der Waals surface area contributed by atoms with Crippen LogP contribution in [0.1, 0.15) is 43.7 Å². The molecule has 1 fully saturated rings. The first kappa shape index (κ1) is 14.4. The molecular formula is C16H21N3O. The minimum absolute atomic E-state index is 0.0265. The van der Waals surface area contributed by atoms with E-state index in [1.54, 1.807) is 12.1 Å². The van der Waals surface area contributed by atoms with Crippen molar-refractivity contribution in [3.63, 3.8) is 0 Å². The van der Waals surface area contributed by atoms with E-state index in [0.29, 0.717) is 11.6 Å². The van der Waals surface area contributed by atoms with E-state index in [0.717, 1.165) is 24.1 Å². The van der Waals surface area contributed by atoms with Gasteiger partial charge in [0.15, 0.2) is 0 Å². The summed E-state index contributed by atoms with van der Waals surface area (Å²) in [4.78, 5) is 12.1. The average Bonchev–Trinajstić information content (AvgIpc) is 2.94. The van der Waals surface area contributed by atoms with Gasteiger partial charge in [-0.25, -0.2) is 0 Å². The number of carbonyl (C=O) groups excluding carboxylic acids is 1. The summed E-state index contributed by atoms with van der Waals surface area (Å²) in [6, 6.07) is 7.60. The quantitative estimate of drug-likeness (QED) is 0.885. The molecule has 4 nitrogen and oxygen atoms in total. The van der Waals surface area contributed by atoms with Gasteiger partial charge >= 0.3 is 0 Å². The van der Waals surface area contributed by atoms with Gasteiger partial charge < -0.3 is 10.6 Å². The molecule has 2 rings (SSSR count). The van der Waals surface area contributed by atoms with Crippen molar-refractivity contribution >= 4 is 11.6 Å². The normalized spacial score (nSPS) is 16.4. The SMILES string of the molecule is Cc1ccc(C#N)cc1NC(C)C(=O)NC1CCCC1. The van der Waals surface area contributed by atoms with Crippen molar-refractivity contribution in [2.75, 3.05) is 5.32 Å². The lowest BCUT2D eigenvalue weighted by Crippen LogP contribution is -2.42. The minimum Gasteiger partial charge on any atom is -0.374 e. The number of nitriles is 1. The van der Waals surface area contributed by atoms with Gasteiger partial charge in [-0.1, -0.05) is 18.9 Å². The third-order valence-electron chi connectivity index (χ3n) is 3.83. The Hall–Kier alpha value is -2.02. The van der Waals surface area contributed by atoms with Crippen molar-refractivity contribution in [3.8, 4) is 6.07 Å². The molecule has 0 aliphatic heterocycles. The van der Waals surface area contributed by atoms with Crippen LogP contribution in [0.4, 0.5) is 5.69 Å². The molecule has 0 heterocycles. The fourth-order valence-electron chi connectivity index (χ4n) is 2.54. The molecule has 1 aromatic rings. The first-order valence-electron chi connectivity index (χ1n) is 7.18. The van der Waals surface area contributed by atoms with Crippen molar-refractivity contribution in [2.24, 2.45) is 0 Å². The zero-order valence-electron chi connectivity index (χ0n) is 12.1. The van der Waals surface area contributed by atoms with Crippen molar-refractivity contribution in [1.29, 1.82) is 5.26 Å². The van der Waals surface area contributed by atoms with E-state index in [1.165, 1.54) is 12.8 Å². The van der Waals surface area contributed by atoms with Crippen LogP contribution in [0.15, 0.2) is 18.2 Å². The Bertz CT molecular complexity index is 527. The number of benzene rings is 1. The largest absolute Gasteiger partial charge is 0.374 e. The van der Waals surface area contributed by atoms with Crippen LogP contribution in [0.3, 0.4) is 0 Å². The van der Waals surface area contributed by atoms with Crippen molar-refractivity contribution < 1.29 is 4.79 Å². The molecule has 1 unspecified atom stereocenters. The number of hydrogen-bond donors (Lipinski definition) is 2. The Morgan fingerprint density at radius 2 is 2.10 bits per heavy atom. The van der Waals surface area contributed by atoms with Gasteiger partial charge in [-0.05, 0) is 44.4 Å². The number of aryl methyl sites for hydroxylation is 1. The molecule has 0 saturated heterocycles. The van der Waals surface area contributed by atoms with Crippen LogP contribution in [0.2, 0.25) is 0 Å². The van der Waals surface area contributed by atoms with Gasteiger partial charge in [-0.3, -0.25) is 4.79 Å². The first-order valence-corrected chi connectivity index (χ1v) is 7.18. The Morgan fingerprint density at radius 3 is 2.75 bits per heavy atom. The van der Waals surface area contributed by atoms with Crippen LogP contribution >= 0.6 is 0 Å². The van der Waals surface area contributed by atoms with Gasteiger partial charge in [0.25, 0.3) is 0 Å². The van der Waals surface area contributed by atoms with E-state index in [-0.39, 0.29) is 11.9 Å².